The van der Waals surface area contributed by atoms with Gasteiger partial charge in [-0.1, -0.05) is 0 Å². The largest absolute Gasteiger partial charge is 0.480 e. The highest BCUT2D eigenvalue weighted by Crippen LogP contribution is 1.95. The van der Waals surface area contributed by atoms with Crippen molar-refractivity contribution in [2.45, 2.75) is 12.5 Å². The topological polar surface area (TPSA) is 88.2 Å². The molecule has 0 saturated heterocycles. The Labute approximate surface area is 88.3 Å². The molecule has 1 unspecified atom stereocenters. The second-order valence-electron chi connectivity index (χ2n) is 3.25. The lowest BCUT2D eigenvalue weighted by molar-refractivity contribution is -0.138. The number of nitrogens with one attached hydrogen (secondary N) is 1. The summed E-state index contributed by atoms with van der Waals surface area (Å²) in [7, 11) is 0. The average Bonchev–Trinajstić information content (AvgIpc) is 2.25. The molecule has 5 nitrogen and oxygen atoms in total. The number of carboxylic acids is 1. The van der Waals surface area contributed by atoms with Crippen molar-refractivity contribution in [3.63, 3.8) is 0 Å². The Morgan fingerprint density at radius 1 is 1.53 bits per heavy atom. The van der Waals surface area contributed by atoms with Gasteiger partial charge >= 0.3 is 5.97 Å². The molecule has 0 aliphatic rings. The molecule has 1 atom stereocenters. The lowest BCUT2D eigenvalue weighted by Crippen LogP contribution is -2.40. The molecule has 5 heteroatoms. The fraction of sp³-hybridized carbons (Fsp3) is 0.400. The van der Waals surface area contributed by atoms with Crippen molar-refractivity contribution in [3.8, 4) is 0 Å². The fourth-order valence-electron chi connectivity index (χ4n) is 1.13. The van der Waals surface area contributed by atoms with E-state index in [9.17, 15) is 4.79 Å². The molecule has 1 aromatic rings. The molecule has 4 N–H and O–H groups in total. The molecule has 1 aromatic heterocycles. The number of aliphatic carboxylic acids is 1. The quantitative estimate of drug-likeness (QED) is 0.556. The second-order valence-corrected chi connectivity index (χ2v) is 3.25. The van der Waals surface area contributed by atoms with E-state index < -0.39 is 12.0 Å². The van der Waals surface area contributed by atoms with E-state index in [0.717, 1.165) is 6.42 Å². The summed E-state index contributed by atoms with van der Waals surface area (Å²) in [4.78, 5) is 14.3. The van der Waals surface area contributed by atoms with Gasteiger partial charge in [-0.3, -0.25) is 9.78 Å². The summed E-state index contributed by atoms with van der Waals surface area (Å²) in [5.41, 5.74) is 6.49. The smallest absolute Gasteiger partial charge is 0.321 e. The van der Waals surface area contributed by atoms with E-state index in [2.05, 4.69) is 10.3 Å². The van der Waals surface area contributed by atoms with Crippen LogP contribution in [-0.2, 0) is 11.2 Å². The van der Waals surface area contributed by atoms with Gasteiger partial charge in [-0.25, -0.2) is 0 Å². The molecule has 0 fully saturated rings. The summed E-state index contributed by atoms with van der Waals surface area (Å²) in [6, 6.07) is 3.03. The van der Waals surface area contributed by atoms with Crippen LogP contribution in [0.1, 0.15) is 5.56 Å². The van der Waals surface area contributed by atoms with Crippen LogP contribution in [0, 0.1) is 0 Å². The third kappa shape index (κ3) is 4.53. The van der Waals surface area contributed by atoms with Crippen LogP contribution in [0.4, 0.5) is 0 Å². The Morgan fingerprint density at radius 2 is 2.20 bits per heavy atom. The van der Waals surface area contributed by atoms with Crippen molar-refractivity contribution in [2.24, 2.45) is 5.73 Å². The van der Waals surface area contributed by atoms with Crippen LogP contribution in [0.2, 0.25) is 0 Å². The maximum absolute atomic E-state index is 10.4. The summed E-state index contributed by atoms with van der Waals surface area (Å²) in [5.74, 6) is -0.980. The van der Waals surface area contributed by atoms with E-state index in [1.54, 1.807) is 12.4 Å². The highest BCUT2D eigenvalue weighted by molar-refractivity contribution is 5.73. The van der Waals surface area contributed by atoms with E-state index in [-0.39, 0.29) is 0 Å². The zero-order chi connectivity index (χ0) is 11.1. The molecule has 15 heavy (non-hydrogen) atoms. The van der Waals surface area contributed by atoms with Gasteiger partial charge in [-0.05, 0) is 30.7 Å². The summed E-state index contributed by atoms with van der Waals surface area (Å²) < 4.78 is 0. The Hall–Kier alpha value is -1.46. The van der Waals surface area contributed by atoms with Crippen LogP contribution >= 0.6 is 0 Å². The second kappa shape index (κ2) is 6.10. The van der Waals surface area contributed by atoms with Crippen molar-refractivity contribution in [1.29, 1.82) is 0 Å². The first-order valence-corrected chi connectivity index (χ1v) is 4.78. The van der Waals surface area contributed by atoms with Crippen LogP contribution in [0.25, 0.3) is 0 Å². The number of hydrogen-bond donors (Lipinski definition) is 3. The minimum Gasteiger partial charge on any atom is -0.480 e. The van der Waals surface area contributed by atoms with Crippen LogP contribution < -0.4 is 11.1 Å². The minimum absolute atomic E-state index is 0.292. The molecule has 0 aliphatic carbocycles. The van der Waals surface area contributed by atoms with E-state index in [0.29, 0.717) is 13.1 Å². The molecular weight excluding hydrogens is 194 g/mol. The third-order valence-electron chi connectivity index (χ3n) is 2.02. The highest BCUT2D eigenvalue weighted by Gasteiger charge is 2.09. The van der Waals surface area contributed by atoms with Gasteiger partial charge in [-0.2, -0.15) is 0 Å². The number of rotatable bonds is 6. The zero-order valence-electron chi connectivity index (χ0n) is 8.39. The SMILES string of the molecule is NC(CNCCc1ccncc1)C(=O)O. The number of carbonyl (C=O) groups is 1. The first-order valence-electron chi connectivity index (χ1n) is 4.78. The van der Waals surface area contributed by atoms with Crippen molar-refractivity contribution in [1.82, 2.24) is 10.3 Å². The average molecular weight is 209 g/mol. The number of aromatic nitrogens is 1. The lowest BCUT2D eigenvalue weighted by Gasteiger charge is -2.07. The number of carboxylic acid groups (broad SMARTS) is 1. The number of nitrogens with two attached hydrogens (primary N) is 1. The van der Waals surface area contributed by atoms with Gasteiger partial charge in [0.2, 0.25) is 0 Å². The van der Waals surface area contributed by atoms with Gasteiger partial charge in [0.1, 0.15) is 6.04 Å². The molecule has 0 bridgehead atoms. The molecule has 1 heterocycles. The molecule has 0 spiro atoms. The molecule has 1 rings (SSSR count). The van der Waals surface area contributed by atoms with Gasteiger partial charge in [-0.15, -0.1) is 0 Å². The molecular formula is C10H15N3O2. The predicted octanol–water partition coefficient (Wildman–Crippen LogP) is -0.374. The highest BCUT2D eigenvalue weighted by atomic mass is 16.4. The normalized spacial score (nSPS) is 12.3. The number of hydrogen-bond acceptors (Lipinski definition) is 4. The molecule has 0 radical (unpaired) electrons. The Balaban J connectivity index is 2.15. The van der Waals surface area contributed by atoms with Gasteiger partial charge in [0.05, 0.1) is 0 Å². The molecule has 82 valence electrons. The zero-order valence-corrected chi connectivity index (χ0v) is 8.39. The van der Waals surface area contributed by atoms with Crippen LogP contribution in [-0.4, -0.2) is 35.2 Å². The summed E-state index contributed by atoms with van der Waals surface area (Å²) in [6.45, 7) is 1.01. The number of nitrogens with zero attached hydrogens (tertiary/aromatic N) is 1. The Bertz CT molecular complexity index is 303. The Morgan fingerprint density at radius 3 is 2.80 bits per heavy atom. The van der Waals surface area contributed by atoms with Crippen LogP contribution in [0.15, 0.2) is 24.5 Å². The van der Waals surface area contributed by atoms with Gasteiger partial charge in [0, 0.05) is 18.9 Å². The van der Waals surface area contributed by atoms with Gasteiger partial charge in [0.25, 0.3) is 0 Å². The van der Waals surface area contributed by atoms with Gasteiger partial charge in [0.15, 0.2) is 0 Å². The molecule has 0 saturated carbocycles. The van der Waals surface area contributed by atoms with E-state index >= 15 is 0 Å². The summed E-state index contributed by atoms with van der Waals surface area (Å²) >= 11 is 0. The van der Waals surface area contributed by atoms with E-state index in [4.69, 9.17) is 10.8 Å². The van der Waals surface area contributed by atoms with Gasteiger partial charge < -0.3 is 16.2 Å². The first kappa shape index (κ1) is 11.6. The predicted molar refractivity (Wildman–Crippen MR) is 56.4 cm³/mol. The monoisotopic (exact) mass is 209 g/mol. The molecule has 0 aromatic carbocycles. The van der Waals surface area contributed by atoms with E-state index in [1.807, 2.05) is 12.1 Å². The standard InChI is InChI=1S/C10H15N3O2/c11-9(10(14)15)7-13-6-3-8-1-4-12-5-2-8/h1-2,4-5,9,13H,3,6-7,11H2,(H,14,15). The van der Waals surface area contributed by atoms with Crippen molar-refractivity contribution in [2.75, 3.05) is 13.1 Å². The molecule has 0 amide bonds. The molecule has 0 aliphatic heterocycles. The summed E-state index contributed by atoms with van der Waals surface area (Å²) in [6.07, 6.45) is 4.31. The summed E-state index contributed by atoms with van der Waals surface area (Å²) in [5, 5.41) is 11.5. The third-order valence-corrected chi connectivity index (χ3v) is 2.02. The lowest BCUT2D eigenvalue weighted by atomic mass is 10.2. The maximum Gasteiger partial charge on any atom is 0.321 e. The van der Waals surface area contributed by atoms with Crippen molar-refractivity contribution >= 4 is 5.97 Å². The van der Waals surface area contributed by atoms with Crippen molar-refractivity contribution in [3.05, 3.63) is 30.1 Å². The Kier molecular flexibility index (Phi) is 4.73. The van der Waals surface area contributed by atoms with Crippen LogP contribution in [0.3, 0.4) is 0 Å². The first-order chi connectivity index (χ1) is 7.20. The maximum atomic E-state index is 10.4. The van der Waals surface area contributed by atoms with Crippen LogP contribution in [0.5, 0.6) is 0 Å². The van der Waals surface area contributed by atoms with E-state index in [1.165, 1.54) is 5.56 Å². The minimum atomic E-state index is -0.980. The van der Waals surface area contributed by atoms with Crippen molar-refractivity contribution < 1.29 is 9.90 Å². The number of pyridine rings is 1. The fourth-order valence-corrected chi connectivity index (χ4v) is 1.13.